The molecule has 1 amide bonds. The Labute approximate surface area is 108 Å². The third-order valence-electron chi connectivity index (χ3n) is 2.25. The molecule has 1 N–H and O–H groups in total. The Kier molecular flexibility index (Phi) is 10.7. The van der Waals surface area contributed by atoms with E-state index in [-0.39, 0.29) is 11.9 Å². The first-order valence-corrected chi connectivity index (χ1v) is 6.02. The van der Waals surface area contributed by atoms with Gasteiger partial charge in [0.2, 0.25) is 5.91 Å². The van der Waals surface area contributed by atoms with E-state index in [1.54, 1.807) is 0 Å². The number of nitrogens with one attached hydrogen (secondary N) is 1. The molecule has 0 spiro atoms. The molecular weight excluding hydrogens is 232 g/mol. The van der Waals surface area contributed by atoms with Crippen LogP contribution in [0.3, 0.4) is 0 Å². The minimum Gasteiger partial charge on any atom is -0.369 e. The van der Waals surface area contributed by atoms with Gasteiger partial charge < -0.3 is 10.1 Å². The van der Waals surface area contributed by atoms with E-state index < -0.39 is 0 Å². The average molecular weight is 252 g/mol. The van der Waals surface area contributed by atoms with Crippen LogP contribution in [0.4, 0.5) is 0 Å². The Bertz CT molecular complexity index is 319. The van der Waals surface area contributed by atoms with Crippen LogP contribution in [-0.2, 0) is 9.53 Å². The van der Waals surface area contributed by atoms with Gasteiger partial charge in [-0.05, 0) is 24.8 Å². The van der Waals surface area contributed by atoms with Crippen LogP contribution in [0.15, 0.2) is 5.11 Å². The summed E-state index contributed by atoms with van der Waals surface area (Å²) in [4.78, 5) is 14.1. The SMILES string of the molecule is C#CCOCCCNC(=O)CCCC(C)N=[N+]=[N-]. The van der Waals surface area contributed by atoms with Gasteiger partial charge in [0.05, 0.1) is 0 Å². The van der Waals surface area contributed by atoms with Crippen molar-refractivity contribution in [3.8, 4) is 12.3 Å². The highest BCUT2D eigenvalue weighted by Crippen LogP contribution is 2.04. The molecule has 0 rings (SSSR count). The van der Waals surface area contributed by atoms with Crippen LogP contribution < -0.4 is 5.32 Å². The summed E-state index contributed by atoms with van der Waals surface area (Å²) < 4.78 is 5.07. The lowest BCUT2D eigenvalue weighted by molar-refractivity contribution is -0.121. The van der Waals surface area contributed by atoms with E-state index >= 15 is 0 Å². The molecule has 0 aliphatic carbocycles. The number of ether oxygens (including phenoxy) is 1. The largest absolute Gasteiger partial charge is 0.369 e. The minimum atomic E-state index is -0.0556. The number of rotatable bonds is 10. The molecule has 6 heteroatoms. The molecule has 6 nitrogen and oxygen atoms in total. The van der Waals surface area contributed by atoms with E-state index in [2.05, 4.69) is 21.3 Å². The first kappa shape index (κ1) is 16.3. The highest BCUT2D eigenvalue weighted by molar-refractivity contribution is 5.75. The second kappa shape index (κ2) is 11.8. The zero-order chi connectivity index (χ0) is 13.6. The zero-order valence-corrected chi connectivity index (χ0v) is 10.8. The second-order valence-electron chi connectivity index (χ2n) is 3.91. The van der Waals surface area contributed by atoms with Crippen LogP contribution in [0.5, 0.6) is 0 Å². The molecule has 0 bridgehead atoms. The monoisotopic (exact) mass is 252 g/mol. The van der Waals surface area contributed by atoms with Crippen molar-refractivity contribution in [1.29, 1.82) is 0 Å². The summed E-state index contributed by atoms with van der Waals surface area (Å²) in [7, 11) is 0. The molecule has 1 unspecified atom stereocenters. The van der Waals surface area contributed by atoms with Crippen molar-refractivity contribution in [2.75, 3.05) is 19.8 Å². The van der Waals surface area contributed by atoms with E-state index in [0.717, 1.165) is 19.3 Å². The maximum absolute atomic E-state index is 11.4. The molecule has 0 saturated carbocycles. The smallest absolute Gasteiger partial charge is 0.219 e. The Morgan fingerprint density at radius 2 is 2.39 bits per heavy atom. The van der Waals surface area contributed by atoms with Gasteiger partial charge in [0.25, 0.3) is 0 Å². The van der Waals surface area contributed by atoms with Crippen molar-refractivity contribution in [2.24, 2.45) is 5.11 Å². The normalized spacial score (nSPS) is 11.1. The molecule has 0 radical (unpaired) electrons. The number of terminal acetylenes is 1. The lowest BCUT2D eigenvalue weighted by atomic mass is 10.1. The Hall–Kier alpha value is -1.70. The third-order valence-corrected chi connectivity index (χ3v) is 2.25. The number of nitrogens with zero attached hydrogens (tertiary/aromatic N) is 3. The van der Waals surface area contributed by atoms with Gasteiger partial charge >= 0.3 is 0 Å². The minimum absolute atomic E-state index is 0.0140. The molecular formula is C12H20N4O2. The molecule has 1 atom stereocenters. The molecule has 0 saturated heterocycles. The van der Waals surface area contributed by atoms with Crippen LogP contribution in [-0.4, -0.2) is 31.7 Å². The molecule has 0 aliphatic rings. The van der Waals surface area contributed by atoms with Crippen LogP contribution in [0.25, 0.3) is 10.4 Å². The fraction of sp³-hybridized carbons (Fsp3) is 0.750. The molecule has 0 fully saturated rings. The summed E-state index contributed by atoms with van der Waals surface area (Å²) in [6.45, 7) is 3.29. The molecule has 0 aromatic rings. The van der Waals surface area contributed by atoms with Crippen LogP contribution in [0.2, 0.25) is 0 Å². The third kappa shape index (κ3) is 10.8. The number of azide groups is 1. The van der Waals surface area contributed by atoms with E-state index in [1.165, 1.54) is 0 Å². The fourth-order valence-corrected chi connectivity index (χ4v) is 1.33. The van der Waals surface area contributed by atoms with Gasteiger partial charge in [0.15, 0.2) is 0 Å². The second-order valence-corrected chi connectivity index (χ2v) is 3.91. The van der Waals surface area contributed by atoms with Gasteiger partial charge in [-0.15, -0.1) is 6.42 Å². The Morgan fingerprint density at radius 1 is 1.61 bits per heavy atom. The quantitative estimate of drug-likeness (QED) is 0.212. The van der Waals surface area contributed by atoms with Gasteiger partial charge in [-0.2, -0.15) is 0 Å². The van der Waals surface area contributed by atoms with E-state index in [1.807, 2.05) is 6.92 Å². The standard InChI is InChI=1S/C12H20N4O2/c1-3-9-18-10-5-8-14-12(17)7-4-6-11(2)15-16-13/h1,11H,4-10H2,2H3,(H,14,17). The van der Waals surface area contributed by atoms with E-state index in [9.17, 15) is 4.79 Å². The molecule has 0 aromatic heterocycles. The van der Waals surface area contributed by atoms with Crippen LogP contribution in [0.1, 0.15) is 32.6 Å². The van der Waals surface area contributed by atoms with Crippen molar-refractivity contribution in [2.45, 2.75) is 38.6 Å². The lowest BCUT2D eigenvalue weighted by Gasteiger charge is -2.06. The summed E-state index contributed by atoms with van der Waals surface area (Å²) in [6.07, 6.45) is 7.67. The van der Waals surface area contributed by atoms with Crippen molar-refractivity contribution >= 4 is 5.91 Å². The highest BCUT2D eigenvalue weighted by Gasteiger charge is 2.03. The van der Waals surface area contributed by atoms with Crippen LogP contribution in [0, 0.1) is 12.3 Å². The van der Waals surface area contributed by atoms with Crippen molar-refractivity contribution < 1.29 is 9.53 Å². The topological polar surface area (TPSA) is 87.1 Å². The lowest BCUT2D eigenvalue weighted by Crippen LogP contribution is -2.25. The zero-order valence-electron chi connectivity index (χ0n) is 10.8. The highest BCUT2D eigenvalue weighted by atomic mass is 16.5. The maximum Gasteiger partial charge on any atom is 0.219 e. The fourth-order valence-electron chi connectivity index (χ4n) is 1.33. The molecule has 0 aliphatic heterocycles. The van der Waals surface area contributed by atoms with E-state index in [4.69, 9.17) is 16.7 Å². The van der Waals surface area contributed by atoms with Crippen molar-refractivity contribution in [1.82, 2.24) is 5.32 Å². The average Bonchev–Trinajstić information content (AvgIpc) is 2.34. The van der Waals surface area contributed by atoms with Gasteiger partial charge in [0.1, 0.15) is 6.61 Å². The molecule has 0 aromatic carbocycles. The predicted octanol–water partition coefficient (Wildman–Crippen LogP) is 2.01. The summed E-state index contributed by atoms with van der Waals surface area (Å²) in [5.41, 5.74) is 8.20. The first-order chi connectivity index (χ1) is 8.70. The molecule has 18 heavy (non-hydrogen) atoms. The molecule has 0 heterocycles. The van der Waals surface area contributed by atoms with Gasteiger partial charge in [-0.3, -0.25) is 4.79 Å². The number of carbonyl (C=O) groups is 1. The van der Waals surface area contributed by atoms with Crippen molar-refractivity contribution in [3.05, 3.63) is 10.4 Å². The van der Waals surface area contributed by atoms with Gasteiger partial charge in [0, 0.05) is 30.5 Å². The number of hydrogen-bond donors (Lipinski definition) is 1. The summed E-state index contributed by atoms with van der Waals surface area (Å²) >= 11 is 0. The summed E-state index contributed by atoms with van der Waals surface area (Å²) in [5, 5.41) is 6.33. The molecule has 100 valence electrons. The maximum atomic E-state index is 11.4. The Balaban J connectivity index is 3.38. The number of hydrogen-bond acceptors (Lipinski definition) is 3. The van der Waals surface area contributed by atoms with Gasteiger partial charge in [-0.25, -0.2) is 0 Å². The van der Waals surface area contributed by atoms with E-state index in [0.29, 0.717) is 26.2 Å². The first-order valence-electron chi connectivity index (χ1n) is 6.02. The Morgan fingerprint density at radius 3 is 3.06 bits per heavy atom. The van der Waals surface area contributed by atoms with Crippen LogP contribution >= 0.6 is 0 Å². The van der Waals surface area contributed by atoms with Crippen molar-refractivity contribution in [3.63, 3.8) is 0 Å². The predicted molar refractivity (Wildman–Crippen MR) is 69.7 cm³/mol. The summed E-state index contributed by atoms with van der Waals surface area (Å²) in [5.74, 6) is 2.39. The summed E-state index contributed by atoms with van der Waals surface area (Å²) in [6, 6.07) is -0.0556. The van der Waals surface area contributed by atoms with Gasteiger partial charge in [-0.1, -0.05) is 18.0 Å². The number of carbonyl (C=O) groups excluding carboxylic acids is 1. The number of amides is 1.